The van der Waals surface area contributed by atoms with Crippen molar-refractivity contribution in [2.75, 3.05) is 13.1 Å². The van der Waals surface area contributed by atoms with E-state index in [4.69, 9.17) is 16.3 Å². The summed E-state index contributed by atoms with van der Waals surface area (Å²) >= 11 is 6.63. The first-order valence-electron chi connectivity index (χ1n) is 14.4. The molecule has 1 fully saturated rings. The van der Waals surface area contributed by atoms with Gasteiger partial charge >= 0.3 is 6.09 Å². The van der Waals surface area contributed by atoms with Crippen molar-refractivity contribution in [1.82, 2.24) is 9.80 Å². The molecule has 214 valence electrons. The molecular weight excluding hydrogens is 532 g/mol. The number of carbonyl (C=O) groups excluding carboxylic acids is 2. The molecule has 5 rings (SSSR count). The van der Waals surface area contributed by atoms with Crippen LogP contribution in [0.15, 0.2) is 78.4 Å². The van der Waals surface area contributed by atoms with Crippen LogP contribution in [0.2, 0.25) is 5.02 Å². The molecule has 0 aromatic heterocycles. The van der Waals surface area contributed by atoms with Crippen LogP contribution in [0, 0.1) is 12.8 Å². The average Bonchev–Trinajstić information content (AvgIpc) is 3.67. The first-order valence-corrected chi connectivity index (χ1v) is 14.8. The van der Waals surface area contributed by atoms with E-state index in [-0.39, 0.29) is 18.5 Å². The van der Waals surface area contributed by atoms with Crippen molar-refractivity contribution in [1.29, 1.82) is 0 Å². The number of aryl methyl sites for hydroxylation is 1. The standard InChI is InChI=1S/C35H39ClN2O3/c1-23-11-9-16-31(36)29(23)22-38(32-19-24(32)2)33(39)30-21-37(34(40)41-35(3,4)5)18-17-28(30)27-15-10-14-26(20-27)25-12-7-6-8-13-25/h6-16,20,24,32H,17-19,21-22H2,1-5H3. The van der Waals surface area contributed by atoms with E-state index in [0.29, 0.717) is 36.0 Å². The van der Waals surface area contributed by atoms with Gasteiger partial charge in [0.05, 0.1) is 6.54 Å². The zero-order chi connectivity index (χ0) is 29.3. The van der Waals surface area contributed by atoms with Gasteiger partial charge in [-0.1, -0.05) is 79.2 Å². The SMILES string of the molecule is Cc1cccc(Cl)c1CN(C(=O)C1=C(c2cccc(-c3ccccc3)c2)CCN(C(=O)OC(C)(C)C)C1)C1CC1C. The van der Waals surface area contributed by atoms with E-state index in [9.17, 15) is 9.59 Å². The van der Waals surface area contributed by atoms with Gasteiger partial charge in [-0.2, -0.15) is 0 Å². The Morgan fingerprint density at radius 1 is 0.976 bits per heavy atom. The minimum Gasteiger partial charge on any atom is -0.444 e. The van der Waals surface area contributed by atoms with Gasteiger partial charge < -0.3 is 14.5 Å². The quantitative estimate of drug-likeness (QED) is 0.300. The minimum absolute atomic E-state index is 0.0351. The average molecular weight is 571 g/mol. The van der Waals surface area contributed by atoms with Crippen LogP contribution in [0.25, 0.3) is 16.7 Å². The molecule has 6 heteroatoms. The molecule has 0 radical (unpaired) electrons. The van der Waals surface area contributed by atoms with Gasteiger partial charge in [-0.3, -0.25) is 4.79 Å². The molecule has 0 N–H and O–H groups in total. The lowest BCUT2D eigenvalue weighted by atomic mass is 9.90. The van der Waals surface area contributed by atoms with Gasteiger partial charge in [-0.05, 0) is 92.0 Å². The first-order chi connectivity index (χ1) is 19.5. The second-order valence-electron chi connectivity index (χ2n) is 12.3. The van der Waals surface area contributed by atoms with Crippen molar-refractivity contribution in [3.63, 3.8) is 0 Å². The molecule has 5 nitrogen and oxygen atoms in total. The first kappa shape index (κ1) is 28.9. The summed E-state index contributed by atoms with van der Waals surface area (Å²) in [6.45, 7) is 10.9. The molecule has 0 spiro atoms. The van der Waals surface area contributed by atoms with Gasteiger partial charge in [-0.15, -0.1) is 0 Å². The van der Waals surface area contributed by atoms with Crippen LogP contribution >= 0.6 is 11.6 Å². The highest BCUT2D eigenvalue weighted by atomic mass is 35.5. The third kappa shape index (κ3) is 6.68. The highest BCUT2D eigenvalue weighted by Gasteiger charge is 2.43. The lowest BCUT2D eigenvalue weighted by Gasteiger charge is -2.35. The third-order valence-electron chi connectivity index (χ3n) is 7.98. The molecular formula is C35H39ClN2O3. The Balaban J connectivity index is 1.56. The van der Waals surface area contributed by atoms with Crippen molar-refractivity contribution < 1.29 is 14.3 Å². The maximum Gasteiger partial charge on any atom is 0.410 e. The van der Waals surface area contributed by atoms with Gasteiger partial charge in [0.1, 0.15) is 5.60 Å². The highest BCUT2D eigenvalue weighted by Crippen LogP contribution is 2.40. The molecule has 2 atom stereocenters. The molecule has 1 saturated carbocycles. The Kier molecular flexibility index (Phi) is 8.28. The van der Waals surface area contributed by atoms with Crippen molar-refractivity contribution >= 4 is 29.2 Å². The lowest BCUT2D eigenvalue weighted by Crippen LogP contribution is -2.45. The Morgan fingerprint density at radius 2 is 1.63 bits per heavy atom. The molecule has 2 aliphatic rings. The topological polar surface area (TPSA) is 49.9 Å². The molecule has 41 heavy (non-hydrogen) atoms. The van der Waals surface area contributed by atoms with E-state index in [0.717, 1.165) is 39.8 Å². The molecule has 0 saturated heterocycles. The maximum atomic E-state index is 14.6. The van der Waals surface area contributed by atoms with Gasteiger partial charge in [0, 0.05) is 29.7 Å². The third-order valence-corrected chi connectivity index (χ3v) is 8.34. The van der Waals surface area contributed by atoms with Crippen LogP contribution in [0.4, 0.5) is 4.79 Å². The Bertz CT molecular complexity index is 1450. The van der Waals surface area contributed by atoms with Crippen LogP contribution in [-0.4, -0.2) is 46.5 Å². The fourth-order valence-electron chi connectivity index (χ4n) is 5.56. The van der Waals surface area contributed by atoms with Crippen molar-refractivity contribution in [2.24, 2.45) is 5.92 Å². The maximum absolute atomic E-state index is 14.6. The number of rotatable bonds is 6. The number of nitrogens with zero attached hydrogens (tertiary/aromatic N) is 2. The van der Waals surface area contributed by atoms with Gasteiger partial charge in [-0.25, -0.2) is 4.79 Å². The largest absolute Gasteiger partial charge is 0.444 e. The van der Waals surface area contributed by atoms with Crippen LogP contribution in [0.5, 0.6) is 0 Å². The summed E-state index contributed by atoms with van der Waals surface area (Å²) in [6.07, 6.45) is 1.13. The van der Waals surface area contributed by atoms with Gasteiger partial charge in [0.2, 0.25) is 0 Å². The fourth-order valence-corrected chi connectivity index (χ4v) is 5.85. The molecule has 1 heterocycles. The summed E-state index contributed by atoms with van der Waals surface area (Å²) in [5.41, 5.74) is 6.27. The van der Waals surface area contributed by atoms with Crippen LogP contribution in [0.3, 0.4) is 0 Å². The van der Waals surface area contributed by atoms with Crippen molar-refractivity contribution in [3.8, 4) is 11.1 Å². The molecule has 0 bridgehead atoms. The number of hydrogen-bond acceptors (Lipinski definition) is 3. The smallest absolute Gasteiger partial charge is 0.410 e. The Labute approximate surface area is 248 Å². The number of halogens is 1. The van der Waals surface area contributed by atoms with Gasteiger partial charge in [0.25, 0.3) is 5.91 Å². The number of hydrogen-bond donors (Lipinski definition) is 0. The van der Waals surface area contributed by atoms with E-state index < -0.39 is 11.7 Å². The second kappa shape index (κ2) is 11.7. The van der Waals surface area contributed by atoms with E-state index in [2.05, 4.69) is 37.3 Å². The van der Waals surface area contributed by atoms with Crippen LogP contribution in [0.1, 0.15) is 57.2 Å². The van der Waals surface area contributed by atoms with Crippen molar-refractivity contribution in [2.45, 2.75) is 65.6 Å². The molecule has 1 aliphatic heterocycles. The van der Waals surface area contributed by atoms with Gasteiger partial charge in [0.15, 0.2) is 0 Å². The zero-order valence-corrected chi connectivity index (χ0v) is 25.4. The second-order valence-corrected chi connectivity index (χ2v) is 12.7. The summed E-state index contributed by atoms with van der Waals surface area (Å²) in [7, 11) is 0. The summed E-state index contributed by atoms with van der Waals surface area (Å²) in [5, 5.41) is 0.667. The monoisotopic (exact) mass is 570 g/mol. The summed E-state index contributed by atoms with van der Waals surface area (Å²) < 4.78 is 5.71. The summed E-state index contributed by atoms with van der Waals surface area (Å²) in [6, 6.07) is 24.6. The Morgan fingerprint density at radius 3 is 2.29 bits per heavy atom. The number of benzene rings is 3. The van der Waals surface area contributed by atoms with Crippen LogP contribution < -0.4 is 0 Å². The fraction of sp³-hybridized carbons (Fsp3) is 0.371. The van der Waals surface area contributed by atoms with E-state index in [1.54, 1.807) is 4.90 Å². The molecule has 2 unspecified atom stereocenters. The number of ether oxygens (including phenoxy) is 1. The van der Waals surface area contributed by atoms with E-state index >= 15 is 0 Å². The van der Waals surface area contributed by atoms with E-state index in [1.165, 1.54) is 0 Å². The predicted octanol–water partition coefficient (Wildman–Crippen LogP) is 8.15. The summed E-state index contributed by atoms with van der Waals surface area (Å²) in [4.78, 5) is 31.4. The van der Waals surface area contributed by atoms with Crippen LogP contribution in [-0.2, 0) is 16.1 Å². The molecule has 3 aromatic carbocycles. The summed E-state index contributed by atoms with van der Waals surface area (Å²) in [5.74, 6) is 0.379. The molecule has 2 amide bonds. The Hall–Kier alpha value is -3.57. The highest BCUT2D eigenvalue weighted by molar-refractivity contribution is 6.31. The zero-order valence-electron chi connectivity index (χ0n) is 24.6. The predicted molar refractivity (Wildman–Crippen MR) is 166 cm³/mol. The molecule has 1 aliphatic carbocycles. The normalized spacial score (nSPS) is 18.7. The minimum atomic E-state index is -0.619. The van der Waals surface area contributed by atoms with E-state index in [1.807, 2.05) is 75.1 Å². The lowest BCUT2D eigenvalue weighted by molar-refractivity contribution is -0.128. The number of carbonyl (C=O) groups is 2. The number of amides is 2. The molecule has 3 aromatic rings. The van der Waals surface area contributed by atoms with Crippen molar-refractivity contribution in [3.05, 3.63) is 100 Å².